The summed E-state index contributed by atoms with van der Waals surface area (Å²) in [5, 5.41) is 14.4. The van der Waals surface area contributed by atoms with E-state index in [0.29, 0.717) is 22.6 Å². The second kappa shape index (κ2) is 6.27. The SMILES string of the molecule is Cc1c(C(=O)O)cccc1-c1ccc(C=NN2C(=O)C3C4C=CC(C4)C3C2=O)o1. The number of hydrogen-bond acceptors (Lipinski definition) is 5. The van der Waals surface area contributed by atoms with Gasteiger partial charge in [0.15, 0.2) is 0 Å². The highest BCUT2D eigenvalue weighted by molar-refractivity contribution is 6.06. The van der Waals surface area contributed by atoms with Crippen LogP contribution >= 0.6 is 0 Å². The molecule has 29 heavy (non-hydrogen) atoms. The van der Waals surface area contributed by atoms with Gasteiger partial charge in [0.25, 0.3) is 11.8 Å². The molecule has 1 saturated heterocycles. The summed E-state index contributed by atoms with van der Waals surface area (Å²) >= 11 is 0. The summed E-state index contributed by atoms with van der Waals surface area (Å²) in [6.45, 7) is 1.72. The van der Waals surface area contributed by atoms with E-state index in [2.05, 4.69) is 5.10 Å². The van der Waals surface area contributed by atoms with Crippen LogP contribution in [0.5, 0.6) is 0 Å². The van der Waals surface area contributed by atoms with Crippen LogP contribution in [0, 0.1) is 30.6 Å². The number of allylic oxidation sites excluding steroid dienone is 2. The minimum atomic E-state index is -1.00. The Labute approximate surface area is 166 Å². The first kappa shape index (κ1) is 17.6. The van der Waals surface area contributed by atoms with Crippen LogP contribution in [-0.4, -0.2) is 34.1 Å². The number of nitrogens with zero attached hydrogens (tertiary/aromatic N) is 2. The molecule has 5 rings (SSSR count). The van der Waals surface area contributed by atoms with Gasteiger partial charge in [-0.1, -0.05) is 24.3 Å². The summed E-state index contributed by atoms with van der Waals surface area (Å²) < 4.78 is 5.76. The third kappa shape index (κ3) is 2.57. The molecule has 0 radical (unpaired) electrons. The summed E-state index contributed by atoms with van der Waals surface area (Å²) in [6, 6.07) is 8.35. The Morgan fingerprint density at radius 3 is 2.48 bits per heavy atom. The number of rotatable bonds is 4. The number of carbonyl (C=O) groups is 3. The fourth-order valence-electron chi connectivity index (χ4n) is 4.82. The van der Waals surface area contributed by atoms with Crippen LogP contribution < -0.4 is 0 Å². The maximum Gasteiger partial charge on any atom is 0.335 e. The lowest BCUT2D eigenvalue weighted by Crippen LogP contribution is -2.28. The van der Waals surface area contributed by atoms with E-state index < -0.39 is 5.97 Å². The number of carboxylic acids is 1. The first-order valence-corrected chi connectivity index (χ1v) is 9.49. The van der Waals surface area contributed by atoms with Gasteiger partial charge in [-0.15, -0.1) is 0 Å². The van der Waals surface area contributed by atoms with E-state index in [0.717, 1.165) is 11.4 Å². The maximum atomic E-state index is 12.7. The van der Waals surface area contributed by atoms with E-state index in [1.807, 2.05) is 12.2 Å². The zero-order valence-corrected chi connectivity index (χ0v) is 15.6. The molecular formula is C22H18N2O5. The van der Waals surface area contributed by atoms with Crippen molar-refractivity contribution < 1.29 is 23.9 Å². The van der Waals surface area contributed by atoms with Gasteiger partial charge in [0.1, 0.15) is 11.5 Å². The minimum Gasteiger partial charge on any atom is -0.478 e. The van der Waals surface area contributed by atoms with Gasteiger partial charge in [-0.05, 0) is 48.9 Å². The number of benzene rings is 1. The Bertz CT molecular complexity index is 1080. The van der Waals surface area contributed by atoms with Gasteiger partial charge in [-0.2, -0.15) is 10.1 Å². The van der Waals surface area contributed by atoms with Crippen molar-refractivity contribution >= 4 is 24.0 Å². The smallest absolute Gasteiger partial charge is 0.335 e. The summed E-state index contributed by atoms with van der Waals surface area (Å²) in [5.41, 5.74) is 1.46. The zero-order valence-electron chi connectivity index (χ0n) is 15.6. The van der Waals surface area contributed by atoms with E-state index >= 15 is 0 Å². The molecule has 3 aliphatic rings. The van der Waals surface area contributed by atoms with E-state index in [4.69, 9.17) is 4.42 Å². The molecule has 1 aromatic carbocycles. The fraction of sp³-hybridized carbons (Fsp3) is 0.273. The summed E-state index contributed by atoms with van der Waals surface area (Å²) in [7, 11) is 0. The highest BCUT2D eigenvalue weighted by Gasteiger charge is 2.59. The molecule has 1 saturated carbocycles. The van der Waals surface area contributed by atoms with Gasteiger partial charge >= 0.3 is 5.97 Å². The molecule has 2 aliphatic carbocycles. The fourth-order valence-corrected chi connectivity index (χ4v) is 4.82. The third-order valence-corrected chi connectivity index (χ3v) is 6.20. The van der Waals surface area contributed by atoms with Crippen molar-refractivity contribution in [2.75, 3.05) is 0 Å². The molecule has 1 N–H and O–H groups in total. The molecule has 2 aromatic rings. The summed E-state index contributed by atoms with van der Waals surface area (Å²) in [5.74, 6) is -0.925. The number of imide groups is 1. The highest BCUT2D eigenvalue weighted by Crippen LogP contribution is 2.52. The number of furan rings is 1. The predicted molar refractivity (Wildman–Crippen MR) is 103 cm³/mol. The molecule has 7 nitrogen and oxygen atoms in total. The summed E-state index contributed by atoms with van der Waals surface area (Å²) in [4.78, 5) is 36.6. The van der Waals surface area contributed by atoms with E-state index in [1.165, 1.54) is 12.3 Å². The standard InChI is InChI=1S/C22H18N2O5/c1-11-15(3-2-4-16(11)22(27)28)17-8-7-14(29-17)10-23-24-20(25)18-12-5-6-13(9-12)19(18)21(24)26/h2-8,10,12-13,18-19H,9H2,1H3,(H,27,28). The van der Waals surface area contributed by atoms with Crippen molar-refractivity contribution in [2.45, 2.75) is 13.3 Å². The molecule has 1 aromatic heterocycles. The van der Waals surface area contributed by atoms with Crippen LogP contribution in [0.25, 0.3) is 11.3 Å². The molecule has 4 unspecified atom stereocenters. The second-order valence-electron chi connectivity index (χ2n) is 7.72. The van der Waals surface area contributed by atoms with Crippen LogP contribution in [-0.2, 0) is 9.59 Å². The first-order valence-electron chi connectivity index (χ1n) is 9.49. The quantitative estimate of drug-likeness (QED) is 0.491. The second-order valence-corrected chi connectivity index (χ2v) is 7.72. The Morgan fingerprint density at radius 2 is 1.83 bits per heavy atom. The molecule has 2 heterocycles. The van der Waals surface area contributed by atoms with Gasteiger partial charge in [0.2, 0.25) is 0 Å². The first-order chi connectivity index (χ1) is 14.0. The number of carboxylic acid groups (broad SMARTS) is 1. The number of hydrazone groups is 1. The average Bonchev–Trinajstić information content (AvgIpc) is 3.46. The van der Waals surface area contributed by atoms with Crippen molar-refractivity contribution in [2.24, 2.45) is 28.8 Å². The van der Waals surface area contributed by atoms with E-state index in [9.17, 15) is 19.5 Å². The van der Waals surface area contributed by atoms with Gasteiger partial charge in [0, 0.05) is 5.56 Å². The largest absolute Gasteiger partial charge is 0.478 e. The normalized spacial score (nSPS) is 27.4. The number of aromatic carboxylic acids is 1. The van der Waals surface area contributed by atoms with Crippen molar-refractivity contribution in [3.05, 3.63) is 59.4 Å². The van der Waals surface area contributed by atoms with Gasteiger partial charge in [-0.3, -0.25) is 9.59 Å². The third-order valence-electron chi connectivity index (χ3n) is 6.20. The number of amides is 2. The van der Waals surface area contributed by atoms with E-state index in [1.54, 1.807) is 31.2 Å². The molecule has 4 atom stereocenters. The Morgan fingerprint density at radius 1 is 1.14 bits per heavy atom. The Kier molecular flexibility index (Phi) is 3.81. The monoisotopic (exact) mass is 390 g/mol. The molecule has 2 fully saturated rings. The molecule has 1 aliphatic heterocycles. The van der Waals surface area contributed by atoms with Crippen LogP contribution in [0.2, 0.25) is 0 Å². The minimum absolute atomic E-state index is 0.140. The molecular weight excluding hydrogens is 372 g/mol. The number of fused-ring (bicyclic) bond motifs is 5. The highest BCUT2D eigenvalue weighted by atomic mass is 16.4. The van der Waals surface area contributed by atoms with Crippen LogP contribution in [0.3, 0.4) is 0 Å². The van der Waals surface area contributed by atoms with Gasteiger partial charge in [0.05, 0.1) is 23.6 Å². The van der Waals surface area contributed by atoms with Gasteiger partial charge < -0.3 is 9.52 Å². The average molecular weight is 390 g/mol. The molecule has 146 valence electrons. The van der Waals surface area contributed by atoms with Crippen molar-refractivity contribution in [1.29, 1.82) is 0 Å². The van der Waals surface area contributed by atoms with Crippen molar-refractivity contribution in [1.82, 2.24) is 5.01 Å². The molecule has 7 heteroatoms. The zero-order chi connectivity index (χ0) is 20.3. The van der Waals surface area contributed by atoms with Crippen molar-refractivity contribution in [3.63, 3.8) is 0 Å². The lowest BCUT2D eigenvalue weighted by Gasteiger charge is -2.13. The van der Waals surface area contributed by atoms with Gasteiger partial charge in [-0.25, -0.2) is 4.79 Å². The molecule has 2 bridgehead atoms. The van der Waals surface area contributed by atoms with E-state index in [-0.39, 0.29) is 41.0 Å². The molecule has 0 spiro atoms. The van der Waals surface area contributed by atoms with Crippen LogP contribution in [0.1, 0.15) is 28.1 Å². The lowest BCUT2D eigenvalue weighted by atomic mass is 9.85. The predicted octanol–water partition coefficient (Wildman–Crippen LogP) is 3.09. The molecule has 2 amide bonds. The summed E-state index contributed by atoms with van der Waals surface area (Å²) in [6.07, 6.45) is 6.31. The van der Waals surface area contributed by atoms with Crippen LogP contribution in [0.4, 0.5) is 0 Å². The Hall–Kier alpha value is -3.48. The topological polar surface area (TPSA) is 100 Å². The number of hydrogen-bond donors (Lipinski definition) is 1. The maximum absolute atomic E-state index is 12.7. The van der Waals surface area contributed by atoms with Crippen molar-refractivity contribution in [3.8, 4) is 11.3 Å². The van der Waals surface area contributed by atoms with Crippen LogP contribution in [0.15, 0.2) is 52.0 Å². The Balaban J connectivity index is 1.38. The number of carbonyl (C=O) groups excluding carboxylic acids is 2. The lowest BCUT2D eigenvalue weighted by molar-refractivity contribution is -0.140.